The number of hydrogen-bond donors (Lipinski definition) is 1. The molecule has 0 heterocycles. The summed E-state index contributed by atoms with van der Waals surface area (Å²) >= 11 is 0. The van der Waals surface area contributed by atoms with Gasteiger partial charge in [0.15, 0.2) is 11.6 Å². The maximum atomic E-state index is 13.1. The second kappa shape index (κ2) is 4.20. The van der Waals surface area contributed by atoms with Crippen LogP contribution in [0.15, 0.2) is 12.1 Å². The summed E-state index contributed by atoms with van der Waals surface area (Å²) in [5.41, 5.74) is -1.31. The summed E-state index contributed by atoms with van der Waals surface area (Å²) in [6.45, 7) is 0. The molecule has 82 valence electrons. The van der Waals surface area contributed by atoms with Crippen LogP contribution in [0.3, 0.4) is 0 Å². The average molecular weight is 220 g/mol. The Labute approximate surface area is 83.1 Å². The molecule has 0 aliphatic carbocycles. The van der Waals surface area contributed by atoms with Crippen molar-refractivity contribution >= 4 is 5.97 Å². The van der Waals surface area contributed by atoms with Crippen LogP contribution in [0.5, 0.6) is 5.75 Å². The molecule has 0 aliphatic heterocycles. The number of ether oxygens (including phenoxy) is 1. The number of rotatable bonds is 3. The van der Waals surface area contributed by atoms with Crippen molar-refractivity contribution in [3.63, 3.8) is 0 Å². The minimum Gasteiger partial charge on any atom is -0.493 e. The Kier molecular flexibility index (Phi) is 3.18. The van der Waals surface area contributed by atoms with E-state index in [1.807, 2.05) is 0 Å². The maximum absolute atomic E-state index is 13.1. The molecule has 0 bridgehead atoms. The van der Waals surface area contributed by atoms with Gasteiger partial charge in [0.05, 0.1) is 7.11 Å². The second-order valence-electron chi connectivity index (χ2n) is 2.69. The van der Waals surface area contributed by atoms with Gasteiger partial charge >= 0.3 is 5.97 Å². The van der Waals surface area contributed by atoms with Crippen molar-refractivity contribution in [2.75, 3.05) is 7.11 Å². The molecule has 6 heteroatoms. The molecule has 15 heavy (non-hydrogen) atoms. The van der Waals surface area contributed by atoms with Crippen LogP contribution in [-0.2, 0) is 0 Å². The van der Waals surface area contributed by atoms with Crippen molar-refractivity contribution in [1.29, 1.82) is 0 Å². The fraction of sp³-hybridized carbons (Fsp3) is 0.222. The molecule has 0 atom stereocenters. The van der Waals surface area contributed by atoms with E-state index < -0.39 is 35.1 Å². The van der Waals surface area contributed by atoms with Gasteiger partial charge in [-0.1, -0.05) is 0 Å². The Morgan fingerprint density at radius 3 is 2.47 bits per heavy atom. The van der Waals surface area contributed by atoms with Crippen LogP contribution in [0.25, 0.3) is 0 Å². The van der Waals surface area contributed by atoms with Gasteiger partial charge < -0.3 is 9.84 Å². The summed E-state index contributed by atoms with van der Waals surface area (Å²) in [6, 6.07) is 1.24. The minimum absolute atomic E-state index is 0.549. The van der Waals surface area contributed by atoms with E-state index in [0.29, 0.717) is 12.1 Å². The zero-order valence-electron chi connectivity index (χ0n) is 7.63. The number of benzene rings is 1. The number of alkyl halides is 2. The molecule has 3 nitrogen and oxygen atoms in total. The molecule has 0 fully saturated rings. The zero-order chi connectivity index (χ0) is 11.6. The molecule has 0 saturated heterocycles. The van der Waals surface area contributed by atoms with Gasteiger partial charge in [0.25, 0.3) is 6.43 Å². The van der Waals surface area contributed by atoms with Crippen LogP contribution in [0.4, 0.5) is 13.2 Å². The largest absolute Gasteiger partial charge is 0.493 e. The Morgan fingerprint density at radius 2 is 2.07 bits per heavy atom. The first-order valence-corrected chi connectivity index (χ1v) is 3.86. The van der Waals surface area contributed by atoms with E-state index in [1.165, 1.54) is 0 Å². The standard InChI is InChI=1S/C9H7F3O3/c1-15-7-5(9(13)14)2-4(8(11)12)3-6(7)10/h2-3,8H,1H3,(H,13,14). The molecule has 0 radical (unpaired) electrons. The Balaban J connectivity index is 3.38. The number of halogens is 3. The zero-order valence-corrected chi connectivity index (χ0v) is 7.63. The number of carboxylic acid groups (broad SMARTS) is 1. The molecule has 1 N–H and O–H groups in total. The average Bonchev–Trinajstić information content (AvgIpc) is 2.16. The molecule has 1 rings (SSSR count). The highest BCUT2D eigenvalue weighted by atomic mass is 19.3. The van der Waals surface area contributed by atoms with Gasteiger partial charge in [-0.05, 0) is 12.1 Å². The molecule has 0 aliphatic rings. The highest BCUT2D eigenvalue weighted by Gasteiger charge is 2.20. The van der Waals surface area contributed by atoms with Crippen molar-refractivity contribution < 1.29 is 27.8 Å². The van der Waals surface area contributed by atoms with Crippen LogP contribution in [-0.4, -0.2) is 18.2 Å². The van der Waals surface area contributed by atoms with E-state index in [4.69, 9.17) is 5.11 Å². The minimum atomic E-state index is -2.93. The summed E-state index contributed by atoms with van der Waals surface area (Å²) < 4.78 is 42.0. The first kappa shape index (κ1) is 11.4. The fourth-order valence-corrected chi connectivity index (χ4v) is 1.11. The molecular formula is C9H7F3O3. The van der Waals surface area contributed by atoms with Gasteiger partial charge in [-0.3, -0.25) is 0 Å². The number of carboxylic acids is 1. The topological polar surface area (TPSA) is 46.5 Å². The quantitative estimate of drug-likeness (QED) is 0.851. The number of aromatic carboxylic acids is 1. The van der Waals surface area contributed by atoms with Gasteiger partial charge in [0, 0.05) is 5.56 Å². The van der Waals surface area contributed by atoms with Gasteiger partial charge in [-0.25, -0.2) is 18.0 Å². The molecular weight excluding hydrogens is 213 g/mol. The Morgan fingerprint density at radius 1 is 1.47 bits per heavy atom. The van der Waals surface area contributed by atoms with E-state index >= 15 is 0 Å². The van der Waals surface area contributed by atoms with E-state index in [1.54, 1.807) is 0 Å². The van der Waals surface area contributed by atoms with Crippen LogP contribution in [0.1, 0.15) is 22.3 Å². The molecule has 0 aromatic heterocycles. The third-order valence-electron chi connectivity index (χ3n) is 1.75. The van der Waals surface area contributed by atoms with Crippen LogP contribution >= 0.6 is 0 Å². The second-order valence-corrected chi connectivity index (χ2v) is 2.69. The highest BCUT2D eigenvalue weighted by molar-refractivity contribution is 5.91. The summed E-state index contributed by atoms with van der Waals surface area (Å²) in [5, 5.41) is 8.64. The lowest BCUT2D eigenvalue weighted by molar-refractivity contribution is 0.0691. The molecule has 0 saturated carbocycles. The first-order chi connectivity index (χ1) is 6.97. The van der Waals surface area contributed by atoms with E-state index in [-0.39, 0.29) is 0 Å². The summed E-state index contributed by atoms with van der Waals surface area (Å²) in [7, 11) is 1.06. The van der Waals surface area contributed by atoms with E-state index in [0.717, 1.165) is 7.11 Å². The predicted octanol–water partition coefficient (Wildman–Crippen LogP) is 2.47. The van der Waals surface area contributed by atoms with Gasteiger partial charge in [-0.15, -0.1) is 0 Å². The molecule has 0 unspecified atom stereocenters. The molecule has 0 spiro atoms. The van der Waals surface area contributed by atoms with E-state index in [2.05, 4.69) is 4.74 Å². The van der Waals surface area contributed by atoms with Gasteiger partial charge in [-0.2, -0.15) is 0 Å². The SMILES string of the molecule is COc1c(F)cc(C(F)F)cc1C(=O)O. The summed E-state index contributed by atoms with van der Waals surface area (Å²) in [4.78, 5) is 10.6. The molecule has 0 amide bonds. The van der Waals surface area contributed by atoms with Crippen molar-refractivity contribution in [1.82, 2.24) is 0 Å². The Hall–Kier alpha value is -1.72. The number of methoxy groups -OCH3 is 1. The van der Waals surface area contributed by atoms with Crippen molar-refractivity contribution in [2.24, 2.45) is 0 Å². The number of hydrogen-bond acceptors (Lipinski definition) is 2. The lowest BCUT2D eigenvalue weighted by atomic mass is 10.1. The predicted molar refractivity (Wildman–Crippen MR) is 44.9 cm³/mol. The molecule has 1 aromatic rings. The smallest absolute Gasteiger partial charge is 0.339 e. The van der Waals surface area contributed by atoms with Crippen molar-refractivity contribution in [2.45, 2.75) is 6.43 Å². The van der Waals surface area contributed by atoms with Crippen LogP contribution in [0.2, 0.25) is 0 Å². The third-order valence-corrected chi connectivity index (χ3v) is 1.75. The molecule has 1 aromatic carbocycles. The Bertz CT molecular complexity index is 390. The highest BCUT2D eigenvalue weighted by Crippen LogP contribution is 2.29. The van der Waals surface area contributed by atoms with Gasteiger partial charge in [0.1, 0.15) is 5.56 Å². The number of carbonyl (C=O) groups is 1. The lowest BCUT2D eigenvalue weighted by Gasteiger charge is -2.08. The first-order valence-electron chi connectivity index (χ1n) is 3.86. The lowest BCUT2D eigenvalue weighted by Crippen LogP contribution is -2.04. The fourth-order valence-electron chi connectivity index (χ4n) is 1.11. The third kappa shape index (κ3) is 2.20. The maximum Gasteiger partial charge on any atom is 0.339 e. The van der Waals surface area contributed by atoms with Crippen LogP contribution in [0, 0.1) is 5.82 Å². The normalized spacial score (nSPS) is 10.5. The summed E-state index contributed by atoms with van der Waals surface area (Å²) in [5.74, 6) is -3.19. The van der Waals surface area contributed by atoms with Gasteiger partial charge in [0.2, 0.25) is 0 Å². The van der Waals surface area contributed by atoms with Crippen molar-refractivity contribution in [3.8, 4) is 5.75 Å². The van der Waals surface area contributed by atoms with Crippen molar-refractivity contribution in [3.05, 3.63) is 29.1 Å². The van der Waals surface area contributed by atoms with E-state index in [9.17, 15) is 18.0 Å². The van der Waals surface area contributed by atoms with Crippen LogP contribution < -0.4 is 4.74 Å². The monoisotopic (exact) mass is 220 g/mol. The summed E-state index contributed by atoms with van der Waals surface area (Å²) in [6.07, 6.45) is -2.93.